The molecule has 5 N–H and O–H groups in total. The number of carboxylic acid groups (broad SMARTS) is 1. The number of hydrogen-bond acceptors (Lipinski definition) is 4. The predicted octanol–water partition coefficient (Wildman–Crippen LogP) is -0.237. The minimum absolute atomic E-state index is 0.218. The topological polar surface area (TPSA) is 113 Å². The number of rotatable bonds is 6. The maximum Gasteiger partial charge on any atom is 0.334 e. The summed E-state index contributed by atoms with van der Waals surface area (Å²) in [5, 5.41) is 19.7. The minimum Gasteiger partial charge on any atom is -0.479 e. The van der Waals surface area contributed by atoms with Crippen molar-refractivity contribution in [3.63, 3.8) is 0 Å². The summed E-state index contributed by atoms with van der Waals surface area (Å²) in [4.78, 5) is 21.7. The summed E-state index contributed by atoms with van der Waals surface area (Å²) in [6.45, 7) is -0.287. The molecule has 0 fully saturated rings. The summed E-state index contributed by atoms with van der Waals surface area (Å²) in [5.41, 5.74) is 7.17. The van der Waals surface area contributed by atoms with Gasteiger partial charge >= 0.3 is 5.97 Å². The quantitative estimate of drug-likeness (QED) is 0.522. The van der Waals surface area contributed by atoms with E-state index in [4.69, 9.17) is 15.9 Å². The SMILES string of the molecule is Nc1cccc(CCC(=O)NC[C@H](O)C(=O)O)c1. The van der Waals surface area contributed by atoms with Gasteiger partial charge in [-0.1, -0.05) is 12.1 Å². The van der Waals surface area contributed by atoms with Gasteiger partial charge in [0.1, 0.15) is 0 Å². The van der Waals surface area contributed by atoms with Crippen molar-refractivity contribution in [1.29, 1.82) is 0 Å². The molecular weight excluding hydrogens is 236 g/mol. The van der Waals surface area contributed by atoms with Crippen LogP contribution in [0.5, 0.6) is 0 Å². The molecule has 6 heteroatoms. The van der Waals surface area contributed by atoms with E-state index in [1.54, 1.807) is 18.2 Å². The number of hydrogen-bond donors (Lipinski definition) is 4. The van der Waals surface area contributed by atoms with E-state index in [0.717, 1.165) is 5.56 Å². The highest BCUT2D eigenvalue weighted by Crippen LogP contribution is 2.08. The van der Waals surface area contributed by atoms with Gasteiger partial charge in [0.15, 0.2) is 6.10 Å². The molecular formula is C12H16N2O4. The second kappa shape index (κ2) is 6.61. The smallest absolute Gasteiger partial charge is 0.334 e. The number of carbonyl (C=O) groups is 2. The van der Waals surface area contributed by atoms with Crippen LogP contribution in [0.2, 0.25) is 0 Å². The Morgan fingerprint density at radius 2 is 2.11 bits per heavy atom. The number of nitrogens with one attached hydrogen (secondary N) is 1. The number of benzene rings is 1. The van der Waals surface area contributed by atoms with E-state index >= 15 is 0 Å². The Kier molecular flexibility index (Phi) is 5.13. The van der Waals surface area contributed by atoms with Crippen molar-refractivity contribution in [1.82, 2.24) is 5.32 Å². The van der Waals surface area contributed by atoms with Crippen LogP contribution in [0.3, 0.4) is 0 Å². The number of carbonyl (C=O) groups excluding carboxylic acids is 1. The number of aryl methyl sites for hydroxylation is 1. The fourth-order valence-electron chi connectivity index (χ4n) is 1.39. The number of nitrogens with two attached hydrogens (primary N) is 1. The Hall–Kier alpha value is -2.08. The molecule has 0 aliphatic carbocycles. The number of aliphatic hydroxyl groups excluding tert-OH is 1. The van der Waals surface area contributed by atoms with E-state index in [2.05, 4.69) is 5.32 Å². The van der Waals surface area contributed by atoms with E-state index in [1.807, 2.05) is 6.07 Å². The first kappa shape index (κ1) is 14.0. The van der Waals surface area contributed by atoms with Crippen molar-refractivity contribution in [2.45, 2.75) is 18.9 Å². The van der Waals surface area contributed by atoms with Crippen LogP contribution in [0.4, 0.5) is 5.69 Å². The lowest BCUT2D eigenvalue weighted by Gasteiger charge is -2.07. The fourth-order valence-corrected chi connectivity index (χ4v) is 1.39. The third kappa shape index (κ3) is 4.84. The van der Waals surface area contributed by atoms with E-state index < -0.39 is 12.1 Å². The zero-order chi connectivity index (χ0) is 13.5. The molecule has 98 valence electrons. The second-order valence-corrected chi connectivity index (χ2v) is 3.90. The molecule has 0 aliphatic rings. The maximum atomic E-state index is 11.4. The Balaban J connectivity index is 2.31. The number of anilines is 1. The summed E-state index contributed by atoms with van der Waals surface area (Å²) in [6, 6.07) is 7.19. The van der Waals surface area contributed by atoms with Crippen LogP contribution < -0.4 is 11.1 Å². The van der Waals surface area contributed by atoms with Gasteiger partial charge in [0, 0.05) is 12.1 Å². The van der Waals surface area contributed by atoms with Crippen LogP contribution in [0.1, 0.15) is 12.0 Å². The lowest BCUT2D eigenvalue weighted by molar-refractivity contribution is -0.146. The number of amides is 1. The van der Waals surface area contributed by atoms with Crippen LogP contribution in [0.15, 0.2) is 24.3 Å². The zero-order valence-corrected chi connectivity index (χ0v) is 9.80. The number of carboxylic acids is 1. The van der Waals surface area contributed by atoms with Crippen LogP contribution in [-0.4, -0.2) is 34.7 Å². The van der Waals surface area contributed by atoms with Crippen molar-refractivity contribution in [3.05, 3.63) is 29.8 Å². The lowest BCUT2D eigenvalue weighted by atomic mass is 10.1. The molecule has 0 aromatic heterocycles. The van der Waals surface area contributed by atoms with Gasteiger partial charge in [-0.25, -0.2) is 4.79 Å². The normalized spacial score (nSPS) is 11.8. The van der Waals surface area contributed by atoms with Gasteiger partial charge in [-0.05, 0) is 24.1 Å². The summed E-state index contributed by atoms with van der Waals surface area (Å²) < 4.78 is 0. The highest BCUT2D eigenvalue weighted by atomic mass is 16.4. The molecule has 0 radical (unpaired) electrons. The van der Waals surface area contributed by atoms with Gasteiger partial charge in [0.25, 0.3) is 0 Å². The van der Waals surface area contributed by atoms with E-state index in [-0.39, 0.29) is 18.9 Å². The Labute approximate surface area is 104 Å². The predicted molar refractivity (Wildman–Crippen MR) is 65.8 cm³/mol. The van der Waals surface area contributed by atoms with Gasteiger partial charge in [-0.2, -0.15) is 0 Å². The number of aliphatic carboxylic acids is 1. The molecule has 1 aromatic rings. The molecule has 0 unspecified atom stereocenters. The summed E-state index contributed by atoms with van der Waals surface area (Å²) in [6.07, 6.45) is -0.836. The zero-order valence-electron chi connectivity index (χ0n) is 9.80. The third-order valence-corrected chi connectivity index (χ3v) is 2.37. The van der Waals surface area contributed by atoms with E-state index in [9.17, 15) is 9.59 Å². The number of aliphatic hydroxyl groups is 1. The van der Waals surface area contributed by atoms with Gasteiger partial charge in [-0.3, -0.25) is 4.79 Å². The molecule has 1 rings (SSSR count). The van der Waals surface area contributed by atoms with Gasteiger partial charge in [-0.15, -0.1) is 0 Å². The summed E-state index contributed by atoms with van der Waals surface area (Å²) in [7, 11) is 0. The van der Waals surface area contributed by atoms with Crippen molar-refractivity contribution >= 4 is 17.6 Å². The highest BCUT2D eigenvalue weighted by molar-refractivity contribution is 5.78. The molecule has 18 heavy (non-hydrogen) atoms. The average molecular weight is 252 g/mol. The van der Waals surface area contributed by atoms with Crippen LogP contribution in [0.25, 0.3) is 0 Å². The molecule has 0 aliphatic heterocycles. The Bertz CT molecular complexity index is 434. The summed E-state index contributed by atoms with van der Waals surface area (Å²) in [5.74, 6) is -1.66. The standard InChI is InChI=1S/C12H16N2O4/c13-9-3-1-2-8(6-9)4-5-11(16)14-7-10(15)12(17)18/h1-3,6,10,15H,4-5,7,13H2,(H,14,16)(H,17,18)/t10-/m0/s1. The van der Waals surface area contributed by atoms with E-state index in [0.29, 0.717) is 12.1 Å². The molecule has 0 saturated heterocycles. The van der Waals surface area contributed by atoms with Crippen LogP contribution in [0, 0.1) is 0 Å². The first-order chi connectivity index (χ1) is 8.49. The monoisotopic (exact) mass is 252 g/mol. The van der Waals surface area contributed by atoms with Crippen molar-refractivity contribution in [2.24, 2.45) is 0 Å². The molecule has 1 aromatic carbocycles. The Morgan fingerprint density at radius 3 is 2.72 bits per heavy atom. The van der Waals surface area contributed by atoms with E-state index in [1.165, 1.54) is 0 Å². The number of nitrogen functional groups attached to an aromatic ring is 1. The minimum atomic E-state index is -1.57. The van der Waals surface area contributed by atoms with Crippen LogP contribution >= 0.6 is 0 Å². The molecule has 0 bridgehead atoms. The molecule has 0 saturated carbocycles. The van der Waals surface area contributed by atoms with Crippen molar-refractivity contribution in [2.75, 3.05) is 12.3 Å². The first-order valence-electron chi connectivity index (χ1n) is 5.51. The van der Waals surface area contributed by atoms with Gasteiger partial charge < -0.3 is 21.3 Å². The van der Waals surface area contributed by atoms with Crippen LogP contribution in [-0.2, 0) is 16.0 Å². The van der Waals surface area contributed by atoms with Crippen molar-refractivity contribution < 1.29 is 19.8 Å². The van der Waals surface area contributed by atoms with Gasteiger partial charge in [0.2, 0.25) is 5.91 Å². The average Bonchev–Trinajstić information content (AvgIpc) is 2.33. The maximum absolute atomic E-state index is 11.4. The second-order valence-electron chi connectivity index (χ2n) is 3.90. The molecule has 1 amide bonds. The largest absolute Gasteiger partial charge is 0.479 e. The van der Waals surface area contributed by atoms with Gasteiger partial charge in [0.05, 0.1) is 6.54 Å². The fraction of sp³-hybridized carbons (Fsp3) is 0.333. The van der Waals surface area contributed by atoms with Crippen molar-refractivity contribution in [3.8, 4) is 0 Å². The third-order valence-electron chi connectivity index (χ3n) is 2.37. The molecule has 0 spiro atoms. The molecule has 1 atom stereocenters. The Morgan fingerprint density at radius 1 is 1.39 bits per heavy atom. The summed E-state index contributed by atoms with van der Waals surface area (Å²) >= 11 is 0. The first-order valence-corrected chi connectivity index (χ1v) is 5.51. The highest BCUT2D eigenvalue weighted by Gasteiger charge is 2.13. The molecule has 0 heterocycles. The molecule has 6 nitrogen and oxygen atoms in total. The lowest BCUT2D eigenvalue weighted by Crippen LogP contribution is -2.36.